The number of hydrogen-bond donors (Lipinski definition) is 0. The van der Waals surface area contributed by atoms with Crippen LogP contribution in [0.4, 0.5) is 5.82 Å². The van der Waals surface area contributed by atoms with Gasteiger partial charge in [-0.25, -0.2) is 9.97 Å². The van der Waals surface area contributed by atoms with Crippen LogP contribution in [0.3, 0.4) is 0 Å². The lowest BCUT2D eigenvalue weighted by molar-refractivity contribution is 0.199. The lowest BCUT2D eigenvalue weighted by Gasteiger charge is -2.41. The molecule has 0 amide bonds. The molecule has 0 radical (unpaired) electrons. The second-order valence-electron chi connectivity index (χ2n) is 4.89. The maximum atomic E-state index is 4.35. The number of hydrogen-bond acceptors (Lipinski definition) is 3. The number of nitrogens with zero attached hydrogens (tertiary/aromatic N) is 3. The molecule has 0 unspecified atom stereocenters. The van der Waals surface area contributed by atoms with Crippen LogP contribution >= 0.6 is 15.9 Å². The van der Waals surface area contributed by atoms with Gasteiger partial charge in [0.25, 0.3) is 0 Å². The molecule has 0 bridgehead atoms. The van der Waals surface area contributed by atoms with E-state index in [1.807, 2.05) is 6.07 Å². The summed E-state index contributed by atoms with van der Waals surface area (Å²) in [4.78, 5) is 10.8. The van der Waals surface area contributed by atoms with Crippen molar-refractivity contribution in [3.05, 3.63) is 17.0 Å². The molecular weight excluding hydrogens is 278 g/mol. The van der Waals surface area contributed by atoms with Crippen LogP contribution in [-0.4, -0.2) is 23.1 Å². The topological polar surface area (TPSA) is 29.0 Å². The number of anilines is 1. The van der Waals surface area contributed by atoms with E-state index in [0.717, 1.165) is 23.5 Å². The smallest absolute Gasteiger partial charge is 0.133 e. The second-order valence-corrected chi connectivity index (χ2v) is 5.71. The highest BCUT2D eigenvalue weighted by molar-refractivity contribution is 9.10. The van der Waals surface area contributed by atoms with Crippen LogP contribution in [0, 0.1) is 5.41 Å². The van der Waals surface area contributed by atoms with Crippen molar-refractivity contribution in [3.8, 4) is 0 Å². The van der Waals surface area contributed by atoms with Gasteiger partial charge in [0.2, 0.25) is 0 Å². The molecule has 1 fully saturated rings. The summed E-state index contributed by atoms with van der Waals surface area (Å²) in [5, 5.41) is 0. The van der Waals surface area contributed by atoms with Gasteiger partial charge in [-0.3, -0.25) is 0 Å². The number of rotatable bonds is 3. The summed E-state index contributed by atoms with van der Waals surface area (Å²) in [5.74, 6) is 1.05. The first-order chi connectivity index (χ1) is 8.19. The average Bonchev–Trinajstić information content (AvgIpc) is 2.39. The first-order valence-corrected chi connectivity index (χ1v) is 7.21. The van der Waals surface area contributed by atoms with Gasteiger partial charge in [0.1, 0.15) is 16.7 Å². The van der Waals surface area contributed by atoms with Gasteiger partial charge in [-0.05, 0) is 34.2 Å². The third-order valence-corrected chi connectivity index (χ3v) is 4.70. The molecule has 0 spiro atoms. The molecule has 1 saturated heterocycles. The lowest BCUT2D eigenvalue weighted by Crippen LogP contribution is -2.40. The van der Waals surface area contributed by atoms with E-state index >= 15 is 0 Å². The minimum atomic E-state index is 0.570. The molecule has 17 heavy (non-hydrogen) atoms. The molecule has 3 nitrogen and oxygen atoms in total. The fraction of sp³-hybridized carbons (Fsp3) is 0.692. The number of piperidine rings is 1. The number of halogens is 1. The molecule has 1 aromatic heterocycles. The van der Waals surface area contributed by atoms with Gasteiger partial charge in [-0.1, -0.05) is 26.7 Å². The van der Waals surface area contributed by atoms with Crippen LogP contribution in [0.25, 0.3) is 0 Å². The van der Waals surface area contributed by atoms with Crippen molar-refractivity contribution >= 4 is 21.7 Å². The van der Waals surface area contributed by atoms with Crippen LogP contribution in [0.5, 0.6) is 0 Å². The van der Waals surface area contributed by atoms with Crippen LogP contribution in [0.2, 0.25) is 0 Å². The minimum absolute atomic E-state index is 0.570. The monoisotopic (exact) mass is 297 g/mol. The summed E-state index contributed by atoms with van der Waals surface area (Å²) < 4.78 is 0.866. The predicted octanol–water partition coefficient (Wildman–Crippen LogP) is 3.65. The highest BCUT2D eigenvalue weighted by Crippen LogP contribution is 2.38. The van der Waals surface area contributed by atoms with Gasteiger partial charge in [0, 0.05) is 19.2 Å². The molecule has 0 atom stereocenters. The van der Waals surface area contributed by atoms with E-state index in [-0.39, 0.29) is 0 Å². The maximum absolute atomic E-state index is 4.35. The van der Waals surface area contributed by atoms with Gasteiger partial charge in [-0.15, -0.1) is 0 Å². The summed E-state index contributed by atoms with van der Waals surface area (Å²) in [6.45, 7) is 6.87. The second kappa shape index (κ2) is 5.34. The molecule has 1 aliphatic rings. The standard InChI is InChI=1S/C13H20BrN3/c1-3-13(4-2)5-7-17(8-6-13)12-9-11(14)15-10-16-12/h9-10H,3-8H2,1-2H3. The van der Waals surface area contributed by atoms with Crippen molar-refractivity contribution in [2.45, 2.75) is 39.5 Å². The minimum Gasteiger partial charge on any atom is -0.356 e. The SMILES string of the molecule is CCC1(CC)CCN(c2cc(Br)ncn2)CC1. The van der Waals surface area contributed by atoms with Crippen LogP contribution < -0.4 is 4.90 Å². The van der Waals surface area contributed by atoms with E-state index in [0.29, 0.717) is 5.41 Å². The fourth-order valence-electron chi connectivity index (χ4n) is 2.66. The Hall–Kier alpha value is -0.640. The highest BCUT2D eigenvalue weighted by Gasteiger charge is 2.31. The van der Waals surface area contributed by atoms with E-state index in [9.17, 15) is 0 Å². The van der Waals surface area contributed by atoms with E-state index in [1.54, 1.807) is 6.33 Å². The molecule has 0 saturated carbocycles. The van der Waals surface area contributed by atoms with E-state index < -0.39 is 0 Å². The van der Waals surface area contributed by atoms with Gasteiger partial charge in [0.15, 0.2) is 0 Å². The van der Waals surface area contributed by atoms with Crippen molar-refractivity contribution in [2.24, 2.45) is 5.41 Å². The largest absolute Gasteiger partial charge is 0.356 e. The van der Waals surface area contributed by atoms with Crippen molar-refractivity contribution in [2.75, 3.05) is 18.0 Å². The highest BCUT2D eigenvalue weighted by atomic mass is 79.9. The first kappa shape index (κ1) is 12.8. The maximum Gasteiger partial charge on any atom is 0.133 e. The normalized spacial score (nSPS) is 19.4. The fourth-order valence-corrected chi connectivity index (χ4v) is 2.96. The zero-order chi connectivity index (χ0) is 12.3. The summed E-state index contributed by atoms with van der Waals surface area (Å²) in [6.07, 6.45) is 6.78. The Morgan fingerprint density at radius 3 is 2.41 bits per heavy atom. The van der Waals surface area contributed by atoms with E-state index in [2.05, 4.69) is 44.6 Å². The van der Waals surface area contributed by atoms with Gasteiger partial charge in [-0.2, -0.15) is 0 Å². The third kappa shape index (κ3) is 2.79. The molecule has 2 rings (SSSR count). The molecule has 1 aromatic rings. The molecule has 1 aliphatic heterocycles. The Bertz CT molecular complexity index is 367. The van der Waals surface area contributed by atoms with E-state index in [1.165, 1.54) is 25.7 Å². The lowest BCUT2D eigenvalue weighted by atomic mass is 9.74. The van der Waals surface area contributed by atoms with Crippen molar-refractivity contribution in [1.29, 1.82) is 0 Å². The summed E-state index contributed by atoms with van der Waals surface area (Å²) in [6, 6.07) is 2.00. The quantitative estimate of drug-likeness (QED) is 0.798. The molecule has 0 aromatic carbocycles. The molecule has 0 aliphatic carbocycles. The molecular formula is C13H20BrN3. The summed E-state index contributed by atoms with van der Waals surface area (Å²) in [5.41, 5.74) is 0.570. The zero-order valence-corrected chi connectivity index (χ0v) is 12.2. The predicted molar refractivity (Wildman–Crippen MR) is 74.2 cm³/mol. The Balaban J connectivity index is 2.04. The Morgan fingerprint density at radius 2 is 1.88 bits per heavy atom. The zero-order valence-electron chi connectivity index (χ0n) is 10.6. The molecule has 94 valence electrons. The Labute approximate surface area is 112 Å². The molecule has 2 heterocycles. The molecule has 0 N–H and O–H groups in total. The van der Waals surface area contributed by atoms with Crippen molar-refractivity contribution in [1.82, 2.24) is 9.97 Å². The van der Waals surface area contributed by atoms with Crippen molar-refractivity contribution in [3.63, 3.8) is 0 Å². The first-order valence-electron chi connectivity index (χ1n) is 6.41. The van der Waals surface area contributed by atoms with E-state index in [4.69, 9.17) is 0 Å². The van der Waals surface area contributed by atoms with Crippen LogP contribution in [0.1, 0.15) is 39.5 Å². The molecule has 4 heteroatoms. The van der Waals surface area contributed by atoms with Gasteiger partial charge in [0.05, 0.1) is 0 Å². The van der Waals surface area contributed by atoms with Gasteiger partial charge < -0.3 is 4.90 Å². The van der Waals surface area contributed by atoms with Crippen LogP contribution in [-0.2, 0) is 0 Å². The van der Waals surface area contributed by atoms with Crippen LogP contribution in [0.15, 0.2) is 17.0 Å². The number of aromatic nitrogens is 2. The summed E-state index contributed by atoms with van der Waals surface area (Å²) in [7, 11) is 0. The summed E-state index contributed by atoms with van der Waals surface area (Å²) >= 11 is 3.40. The Morgan fingerprint density at radius 1 is 1.24 bits per heavy atom. The average molecular weight is 298 g/mol. The van der Waals surface area contributed by atoms with Crippen molar-refractivity contribution < 1.29 is 0 Å². The van der Waals surface area contributed by atoms with Gasteiger partial charge >= 0.3 is 0 Å². The Kier molecular flexibility index (Phi) is 4.02. The third-order valence-electron chi connectivity index (χ3n) is 4.27.